The summed E-state index contributed by atoms with van der Waals surface area (Å²) in [5.41, 5.74) is 0.432. The molecule has 158 valence electrons. The lowest BCUT2D eigenvalue weighted by Crippen LogP contribution is -2.43. The summed E-state index contributed by atoms with van der Waals surface area (Å²) >= 11 is 0. The van der Waals surface area contributed by atoms with E-state index >= 15 is 0 Å². The molecule has 1 aliphatic heterocycles. The van der Waals surface area contributed by atoms with Gasteiger partial charge in [-0.15, -0.1) is 0 Å². The van der Waals surface area contributed by atoms with Crippen LogP contribution in [0.15, 0.2) is 23.5 Å². The maximum Gasteiger partial charge on any atom is 0.273 e. The van der Waals surface area contributed by atoms with Crippen LogP contribution in [0, 0.1) is 5.92 Å². The van der Waals surface area contributed by atoms with Crippen molar-refractivity contribution >= 4 is 27.5 Å². The highest BCUT2D eigenvalue weighted by atomic mass is 32.2. The van der Waals surface area contributed by atoms with Crippen molar-refractivity contribution in [2.45, 2.75) is 31.2 Å². The number of carbonyl (C=O) groups is 2. The number of rotatable bonds is 6. The summed E-state index contributed by atoms with van der Waals surface area (Å²) in [5, 5.41) is 13.3. The van der Waals surface area contributed by atoms with E-state index in [9.17, 15) is 18.0 Å². The second-order valence-electron chi connectivity index (χ2n) is 6.87. The molecular weight excluding hydrogens is 398 g/mol. The number of piperidine rings is 1. The fraction of sp³-hybridized carbons (Fsp3) is 0.529. The van der Waals surface area contributed by atoms with E-state index in [-0.39, 0.29) is 23.0 Å². The number of aryl methyl sites for hydroxylation is 2. The second kappa shape index (κ2) is 8.33. The van der Waals surface area contributed by atoms with Crippen molar-refractivity contribution in [1.82, 2.24) is 29.2 Å². The van der Waals surface area contributed by atoms with Crippen molar-refractivity contribution in [2.24, 2.45) is 13.0 Å². The number of nitrogens with zero attached hydrogens (tertiary/aromatic N) is 5. The van der Waals surface area contributed by atoms with Crippen LogP contribution in [-0.4, -0.2) is 64.2 Å². The van der Waals surface area contributed by atoms with E-state index in [4.69, 9.17) is 0 Å². The fourth-order valence-electron chi connectivity index (χ4n) is 3.25. The Bertz CT molecular complexity index is 1010. The predicted octanol–water partition coefficient (Wildman–Crippen LogP) is 0.0355. The quantitative estimate of drug-likeness (QED) is 0.674. The fourth-order valence-corrected chi connectivity index (χ4v) is 4.76. The van der Waals surface area contributed by atoms with Crippen molar-refractivity contribution in [1.29, 1.82) is 0 Å². The molecule has 2 aromatic rings. The van der Waals surface area contributed by atoms with Crippen molar-refractivity contribution in [2.75, 3.05) is 25.5 Å². The molecule has 1 saturated heterocycles. The molecule has 2 N–H and O–H groups in total. The molecule has 0 aliphatic carbocycles. The zero-order valence-electron chi connectivity index (χ0n) is 16.6. The monoisotopic (exact) mass is 423 g/mol. The minimum Gasteiger partial charge on any atom is -0.354 e. The number of anilines is 1. The van der Waals surface area contributed by atoms with Crippen molar-refractivity contribution < 1.29 is 18.0 Å². The highest BCUT2D eigenvalue weighted by Crippen LogP contribution is 2.25. The molecule has 1 aliphatic rings. The SMILES string of the molecule is CCn1cc(NC(=O)[C@H]2CCCN(S(=O)(=O)c3cnn(C)c3)C2)c(C(=O)NC)n1. The number of hydrogen-bond donors (Lipinski definition) is 2. The van der Waals surface area contributed by atoms with E-state index in [1.54, 1.807) is 17.9 Å². The average Bonchev–Trinajstić information content (AvgIpc) is 3.34. The van der Waals surface area contributed by atoms with Gasteiger partial charge in [0, 0.05) is 46.1 Å². The van der Waals surface area contributed by atoms with Gasteiger partial charge < -0.3 is 10.6 Å². The summed E-state index contributed by atoms with van der Waals surface area (Å²) in [6, 6.07) is 0. The summed E-state index contributed by atoms with van der Waals surface area (Å²) in [7, 11) is -0.584. The first-order valence-electron chi connectivity index (χ1n) is 9.35. The second-order valence-corrected chi connectivity index (χ2v) is 8.81. The maximum absolute atomic E-state index is 12.8. The lowest BCUT2D eigenvalue weighted by molar-refractivity contribution is -0.120. The topological polar surface area (TPSA) is 131 Å². The molecular formula is C17H25N7O4S. The molecule has 0 saturated carbocycles. The number of carbonyl (C=O) groups excluding carboxylic acids is 2. The first-order chi connectivity index (χ1) is 13.8. The number of nitrogens with one attached hydrogen (secondary N) is 2. The van der Waals surface area contributed by atoms with E-state index in [0.717, 1.165) is 0 Å². The molecule has 12 heteroatoms. The van der Waals surface area contributed by atoms with Crippen LogP contribution in [0.2, 0.25) is 0 Å². The summed E-state index contributed by atoms with van der Waals surface area (Å²) in [5.74, 6) is -1.27. The van der Waals surface area contributed by atoms with Crippen molar-refractivity contribution in [3.8, 4) is 0 Å². The van der Waals surface area contributed by atoms with Gasteiger partial charge in [0.1, 0.15) is 4.90 Å². The predicted molar refractivity (Wildman–Crippen MR) is 105 cm³/mol. The smallest absolute Gasteiger partial charge is 0.273 e. The van der Waals surface area contributed by atoms with Gasteiger partial charge >= 0.3 is 0 Å². The average molecular weight is 423 g/mol. The number of sulfonamides is 1. The van der Waals surface area contributed by atoms with E-state index in [0.29, 0.717) is 31.6 Å². The zero-order valence-corrected chi connectivity index (χ0v) is 17.4. The molecule has 1 atom stereocenters. The molecule has 1 fully saturated rings. The van der Waals surface area contributed by atoms with Gasteiger partial charge in [-0.05, 0) is 19.8 Å². The van der Waals surface area contributed by atoms with Crippen LogP contribution in [0.5, 0.6) is 0 Å². The van der Waals surface area contributed by atoms with Crippen LogP contribution in [0.4, 0.5) is 5.69 Å². The van der Waals surface area contributed by atoms with Gasteiger partial charge in [0.15, 0.2) is 5.69 Å². The van der Waals surface area contributed by atoms with Crippen LogP contribution >= 0.6 is 0 Å². The summed E-state index contributed by atoms with van der Waals surface area (Å²) in [6.07, 6.45) is 5.45. The Morgan fingerprint density at radius 2 is 2.07 bits per heavy atom. The van der Waals surface area contributed by atoms with Crippen LogP contribution < -0.4 is 10.6 Å². The van der Waals surface area contributed by atoms with E-state index in [1.165, 1.54) is 28.4 Å². The standard InChI is InChI=1S/C17H25N7O4S/c1-4-23-11-14(15(21-23)17(26)18-2)20-16(25)12-6-5-7-24(9-12)29(27,28)13-8-19-22(3)10-13/h8,10-12H,4-7,9H2,1-3H3,(H,18,26)(H,20,25)/t12-/m0/s1. The number of aromatic nitrogens is 4. The molecule has 0 spiro atoms. The van der Waals surface area contributed by atoms with E-state index in [2.05, 4.69) is 20.8 Å². The number of amides is 2. The molecule has 0 radical (unpaired) electrons. The van der Waals surface area contributed by atoms with Crippen LogP contribution in [-0.2, 0) is 28.4 Å². The third-order valence-corrected chi connectivity index (χ3v) is 6.68. The molecule has 2 aromatic heterocycles. The molecule has 3 heterocycles. The Balaban J connectivity index is 1.75. The maximum atomic E-state index is 12.8. The summed E-state index contributed by atoms with van der Waals surface area (Å²) in [4.78, 5) is 25.0. The van der Waals surface area contributed by atoms with Crippen LogP contribution in [0.3, 0.4) is 0 Å². The molecule has 3 rings (SSSR count). The third kappa shape index (κ3) is 4.32. The van der Waals surface area contributed by atoms with Gasteiger partial charge in [0.05, 0.1) is 17.8 Å². The highest BCUT2D eigenvalue weighted by Gasteiger charge is 2.34. The first kappa shape index (κ1) is 21.0. The highest BCUT2D eigenvalue weighted by molar-refractivity contribution is 7.89. The summed E-state index contributed by atoms with van der Waals surface area (Å²) in [6.45, 7) is 2.83. The largest absolute Gasteiger partial charge is 0.354 e. The van der Waals surface area contributed by atoms with Gasteiger partial charge in [-0.3, -0.25) is 19.0 Å². The minimum absolute atomic E-state index is 0.0697. The molecule has 11 nitrogen and oxygen atoms in total. The first-order valence-corrected chi connectivity index (χ1v) is 10.8. The van der Waals surface area contributed by atoms with Gasteiger partial charge in [-0.2, -0.15) is 14.5 Å². The van der Waals surface area contributed by atoms with Crippen LogP contribution in [0.25, 0.3) is 0 Å². The third-order valence-electron chi connectivity index (χ3n) is 4.86. The normalized spacial score (nSPS) is 17.8. The van der Waals surface area contributed by atoms with E-state index < -0.39 is 21.8 Å². The minimum atomic E-state index is -3.72. The van der Waals surface area contributed by atoms with Gasteiger partial charge in [-0.25, -0.2) is 8.42 Å². The summed E-state index contributed by atoms with van der Waals surface area (Å²) < 4.78 is 29.9. The Morgan fingerprint density at radius 3 is 2.69 bits per heavy atom. The van der Waals surface area contributed by atoms with Gasteiger partial charge in [0.25, 0.3) is 5.91 Å². The Kier molecular flexibility index (Phi) is 6.03. The zero-order chi connectivity index (χ0) is 21.2. The molecule has 0 unspecified atom stereocenters. The van der Waals surface area contributed by atoms with E-state index in [1.807, 2.05) is 6.92 Å². The van der Waals surface area contributed by atoms with Crippen molar-refractivity contribution in [3.05, 3.63) is 24.3 Å². The van der Waals surface area contributed by atoms with Crippen molar-refractivity contribution in [3.63, 3.8) is 0 Å². The van der Waals surface area contributed by atoms with Gasteiger partial charge in [-0.1, -0.05) is 0 Å². The Morgan fingerprint density at radius 1 is 1.31 bits per heavy atom. The lowest BCUT2D eigenvalue weighted by atomic mass is 9.99. The molecule has 0 aromatic carbocycles. The Hall–Kier alpha value is -2.73. The van der Waals surface area contributed by atoms with Gasteiger partial charge in [0.2, 0.25) is 15.9 Å². The Labute approximate surface area is 169 Å². The van der Waals surface area contributed by atoms with Crippen LogP contribution in [0.1, 0.15) is 30.3 Å². The lowest BCUT2D eigenvalue weighted by Gasteiger charge is -2.30. The molecule has 29 heavy (non-hydrogen) atoms. The molecule has 0 bridgehead atoms. The number of hydrogen-bond acceptors (Lipinski definition) is 6. The molecule has 2 amide bonds.